The standard InChI is InChI=1S/C23H29N3O5/c1-31-17-9-8-14-10-15(20(28)18(14)11-17)12-23(21(29)25-22(30)26-23)13-19(27)24-16-6-4-2-3-5-7-16/h8-9,11,15-16H,2-7,10,12-13H2,1H3,(H,24,27)(H2,25,26,29,30). The summed E-state index contributed by atoms with van der Waals surface area (Å²) >= 11 is 0. The molecule has 1 aromatic carbocycles. The molecule has 0 radical (unpaired) electrons. The molecular weight excluding hydrogens is 398 g/mol. The Morgan fingerprint density at radius 2 is 1.90 bits per heavy atom. The number of carbonyl (C=O) groups is 4. The Bertz CT molecular complexity index is 906. The molecule has 2 unspecified atom stereocenters. The van der Waals surface area contributed by atoms with Crippen LogP contribution in [0.5, 0.6) is 5.75 Å². The van der Waals surface area contributed by atoms with Crippen LogP contribution in [0.15, 0.2) is 18.2 Å². The van der Waals surface area contributed by atoms with Gasteiger partial charge >= 0.3 is 6.03 Å². The van der Waals surface area contributed by atoms with E-state index in [1.165, 1.54) is 12.8 Å². The lowest BCUT2D eigenvalue weighted by Gasteiger charge is -2.28. The van der Waals surface area contributed by atoms with Gasteiger partial charge < -0.3 is 15.4 Å². The molecule has 3 N–H and O–H groups in total. The van der Waals surface area contributed by atoms with Gasteiger partial charge in [0.15, 0.2) is 5.78 Å². The van der Waals surface area contributed by atoms with Crippen LogP contribution < -0.4 is 20.7 Å². The van der Waals surface area contributed by atoms with Gasteiger partial charge in [-0.1, -0.05) is 31.7 Å². The molecule has 2 atom stereocenters. The van der Waals surface area contributed by atoms with Crippen LogP contribution in [0.25, 0.3) is 0 Å². The van der Waals surface area contributed by atoms with Gasteiger partial charge in [0.2, 0.25) is 5.91 Å². The van der Waals surface area contributed by atoms with Crippen molar-refractivity contribution in [2.75, 3.05) is 7.11 Å². The Kier molecular flexibility index (Phi) is 5.98. The summed E-state index contributed by atoms with van der Waals surface area (Å²) in [7, 11) is 1.54. The third-order valence-corrected chi connectivity index (χ3v) is 6.71. The van der Waals surface area contributed by atoms with Gasteiger partial charge in [0.1, 0.15) is 11.3 Å². The fourth-order valence-electron chi connectivity index (χ4n) is 5.10. The highest BCUT2D eigenvalue weighted by molar-refractivity contribution is 6.10. The van der Waals surface area contributed by atoms with Crippen molar-refractivity contribution in [1.29, 1.82) is 0 Å². The number of hydrogen-bond acceptors (Lipinski definition) is 5. The van der Waals surface area contributed by atoms with Gasteiger partial charge in [0.05, 0.1) is 13.5 Å². The summed E-state index contributed by atoms with van der Waals surface area (Å²) in [6.07, 6.45) is 6.71. The molecule has 1 heterocycles. The smallest absolute Gasteiger partial charge is 0.322 e. The average molecular weight is 428 g/mol. The molecule has 8 nitrogen and oxygen atoms in total. The molecule has 166 valence electrons. The number of carbonyl (C=O) groups excluding carboxylic acids is 4. The molecule has 4 rings (SSSR count). The van der Waals surface area contributed by atoms with Crippen molar-refractivity contribution in [3.05, 3.63) is 29.3 Å². The van der Waals surface area contributed by atoms with Crippen LogP contribution >= 0.6 is 0 Å². The SMILES string of the molecule is COc1ccc2c(c1)C(=O)C(CC1(CC(=O)NC3CCCCCC3)NC(=O)NC1=O)C2. The summed E-state index contributed by atoms with van der Waals surface area (Å²) in [5.74, 6) is -0.802. The third-order valence-electron chi connectivity index (χ3n) is 6.71. The molecule has 0 aromatic heterocycles. The molecule has 1 saturated carbocycles. The van der Waals surface area contributed by atoms with E-state index in [-0.39, 0.29) is 30.6 Å². The minimum absolute atomic E-state index is 0.0818. The van der Waals surface area contributed by atoms with Crippen molar-refractivity contribution in [2.24, 2.45) is 5.92 Å². The van der Waals surface area contributed by atoms with Gasteiger partial charge in [0.25, 0.3) is 5.91 Å². The average Bonchev–Trinajstić information content (AvgIpc) is 3.04. The first-order valence-electron chi connectivity index (χ1n) is 11.0. The van der Waals surface area contributed by atoms with Crippen LogP contribution in [0.1, 0.15) is 67.3 Å². The summed E-state index contributed by atoms with van der Waals surface area (Å²) in [5, 5.41) is 7.95. The van der Waals surface area contributed by atoms with Gasteiger partial charge in [0, 0.05) is 17.5 Å². The van der Waals surface area contributed by atoms with Gasteiger partial charge in [-0.25, -0.2) is 4.79 Å². The second kappa shape index (κ2) is 8.69. The van der Waals surface area contributed by atoms with Crippen LogP contribution in [0.2, 0.25) is 0 Å². The molecule has 1 saturated heterocycles. The summed E-state index contributed by atoms with van der Waals surface area (Å²) in [5.41, 5.74) is 0.0453. The Balaban J connectivity index is 1.49. The minimum atomic E-state index is -1.42. The van der Waals surface area contributed by atoms with Gasteiger partial charge in [-0.3, -0.25) is 19.7 Å². The van der Waals surface area contributed by atoms with Crippen molar-refractivity contribution in [1.82, 2.24) is 16.0 Å². The Labute approximate surface area is 181 Å². The fraction of sp³-hybridized carbons (Fsp3) is 0.565. The zero-order chi connectivity index (χ0) is 22.0. The molecule has 3 aliphatic rings. The topological polar surface area (TPSA) is 114 Å². The predicted molar refractivity (Wildman–Crippen MR) is 113 cm³/mol. The third kappa shape index (κ3) is 4.43. The van der Waals surface area contributed by atoms with E-state index < -0.39 is 23.4 Å². The zero-order valence-corrected chi connectivity index (χ0v) is 17.8. The van der Waals surface area contributed by atoms with Crippen molar-refractivity contribution < 1.29 is 23.9 Å². The number of ketones is 1. The van der Waals surface area contributed by atoms with E-state index >= 15 is 0 Å². The van der Waals surface area contributed by atoms with Gasteiger partial charge in [-0.15, -0.1) is 0 Å². The highest BCUT2D eigenvalue weighted by Gasteiger charge is 2.51. The molecule has 1 aliphatic heterocycles. The summed E-state index contributed by atoms with van der Waals surface area (Å²) in [4.78, 5) is 50.6. The second-order valence-corrected chi connectivity index (χ2v) is 8.92. The fourth-order valence-corrected chi connectivity index (χ4v) is 5.10. The van der Waals surface area contributed by atoms with E-state index in [1.807, 2.05) is 6.07 Å². The Morgan fingerprint density at radius 3 is 2.55 bits per heavy atom. The maximum atomic E-state index is 13.0. The Hall–Kier alpha value is -2.90. The number of nitrogens with one attached hydrogen (secondary N) is 3. The van der Waals surface area contributed by atoms with E-state index in [4.69, 9.17) is 4.74 Å². The molecule has 1 aromatic rings. The molecule has 31 heavy (non-hydrogen) atoms. The van der Waals surface area contributed by atoms with Crippen molar-refractivity contribution in [3.63, 3.8) is 0 Å². The van der Waals surface area contributed by atoms with Crippen LogP contribution in [0.4, 0.5) is 4.79 Å². The van der Waals surface area contributed by atoms with Crippen LogP contribution in [-0.2, 0) is 16.0 Å². The number of Topliss-reactive ketones (excluding diaryl/α,β-unsaturated/α-hetero) is 1. The number of benzene rings is 1. The predicted octanol–water partition coefficient (Wildman–Crippen LogP) is 2.25. The molecule has 2 fully saturated rings. The number of methoxy groups -OCH3 is 1. The number of amides is 4. The summed E-state index contributed by atoms with van der Waals surface area (Å²) in [6, 6.07) is 4.82. The summed E-state index contributed by atoms with van der Waals surface area (Å²) in [6.45, 7) is 0. The number of fused-ring (bicyclic) bond motifs is 1. The number of ether oxygens (including phenoxy) is 1. The van der Waals surface area contributed by atoms with Crippen LogP contribution in [-0.4, -0.2) is 42.3 Å². The van der Waals surface area contributed by atoms with Crippen molar-refractivity contribution in [2.45, 2.75) is 69.4 Å². The first kappa shape index (κ1) is 21.3. The lowest BCUT2D eigenvalue weighted by atomic mass is 9.82. The lowest BCUT2D eigenvalue weighted by molar-refractivity contribution is -0.131. The quantitative estimate of drug-likeness (QED) is 0.476. The number of imide groups is 1. The largest absolute Gasteiger partial charge is 0.497 e. The highest BCUT2D eigenvalue weighted by atomic mass is 16.5. The highest BCUT2D eigenvalue weighted by Crippen LogP contribution is 2.36. The molecule has 8 heteroatoms. The van der Waals surface area contributed by atoms with E-state index in [9.17, 15) is 19.2 Å². The normalized spacial score (nSPS) is 26.1. The molecule has 4 amide bonds. The van der Waals surface area contributed by atoms with Crippen molar-refractivity contribution >= 4 is 23.6 Å². The van der Waals surface area contributed by atoms with Crippen LogP contribution in [0, 0.1) is 5.92 Å². The molecular formula is C23H29N3O5. The maximum absolute atomic E-state index is 13.0. The van der Waals surface area contributed by atoms with Gasteiger partial charge in [-0.2, -0.15) is 0 Å². The molecule has 2 aliphatic carbocycles. The van der Waals surface area contributed by atoms with E-state index in [2.05, 4.69) is 16.0 Å². The van der Waals surface area contributed by atoms with E-state index in [0.29, 0.717) is 17.7 Å². The monoisotopic (exact) mass is 427 g/mol. The first-order chi connectivity index (χ1) is 14.9. The number of urea groups is 1. The molecule has 0 bridgehead atoms. The number of rotatable bonds is 6. The molecule has 0 spiro atoms. The first-order valence-corrected chi connectivity index (χ1v) is 11.0. The number of hydrogen-bond donors (Lipinski definition) is 3. The van der Waals surface area contributed by atoms with Crippen LogP contribution in [0.3, 0.4) is 0 Å². The Morgan fingerprint density at radius 1 is 1.16 bits per heavy atom. The lowest BCUT2D eigenvalue weighted by Crippen LogP contribution is -2.53. The van der Waals surface area contributed by atoms with Gasteiger partial charge in [-0.05, 0) is 43.4 Å². The maximum Gasteiger partial charge on any atom is 0.322 e. The zero-order valence-electron chi connectivity index (χ0n) is 17.8. The summed E-state index contributed by atoms with van der Waals surface area (Å²) < 4.78 is 5.21. The minimum Gasteiger partial charge on any atom is -0.497 e. The van der Waals surface area contributed by atoms with Crippen molar-refractivity contribution in [3.8, 4) is 5.75 Å². The van der Waals surface area contributed by atoms with E-state index in [0.717, 1.165) is 31.2 Å². The van der Waals surface area contributed by atoms with E-state index in [1.54, 1.807) is 19.2 Å². The second-order valence-electron chi connectivity index (χ2n) is 8.92.